The molecule has 0 aromatic carbocycles. The van der Waals surface area contributed by atoms with Crippen LogP contribution in [0, 0.1) is 0 Å². The molecule has 0 amide bonds. The summed E-state index contributed by atoms with van der Waals surface area (Å²) in [6.45, 7) is -4.62. The Labute approximate surface area is 83.4 Å². The Kier molecular flexibility index (Phi) is 5.72. The van der Waals surface area contributed by atoms with Gasteiger partial charge < -0.3 is 19.7 Å². The maximum absolute atomic E-state index is 12.7. The molecule has 0 aliphatic rings. The third-order valence-electron chi connectivity index (χ3n) is 1.15. The first-order valence-electron chi connectivity index (χ1n) is 3.82. The van der Waals surface area contributed by atoms with Gasteiger partial charge in [-0.3, -0.25) is 0 Å². The first kappa shape index (κ1) is 13.7. The molecule has 0 spiro atoms. The molecule has 0 aliphatic heterocycles. The second-order valence-electron chi connectivity index (χ2n) is 2.49. The molecule has 0 bridgehead atoms. The number of carbonyl (C=O) groups excluding carboxylic acids is 2. The van der Waals surface area contributed by atoms with Crippen LogP contribution >= 0.6 is 0 Å². The second kappa shape index (κ2) is 6.25. The smallest absolute Gasteiger partial charge is 0.332 e. The standard InChI is InChI=1S/C7H10F2O6/c8-7(9,3-14-5(12)1-10)4-15-6(13)2-11/h10-11H,1-4H2. The minimum Gasteiger partial charge on any atom is -0.457 e. The summed E-state index contributed by atoms with van der Waals surface area (Å²) >= 11 is 0. The highest BCUT2D eigenvalue weighted by Gasteiger charge is 2.32. The van der Waals surface area contributed by atoms with E-state index < -0.39 is 44.3 Å². The van der Waals surface area contributed by atoms with Crippen molar-refractivity contribution in [3.63, 3.8) is 0 Å². The van der Waals surface area contributed by atoms with Gasteiger partial charge in [0, 0.05) is 0 Å². The molecule has 88 valence electrons. The SMILES string of the molecule is O=C(CO)OCC(F)(F)COC(=O)CO. The third kappa shape index (κ3) is 6.75. The monoisotopic (exact) mass is 228 g/mol. The molecule has 0 saturated heterocycles. The summed E-state index contributed by atoms with van der Waals surface area (Å²) in [5.41, 5.74) is 0. The van der Waals surface area contributed by atoms with E-state index in [1.807, 2.05) is 0 Å². The van der Waals surface area contributed by atoms with Gasteiger partial charge in [0.05, 0.1) is 0 Å². The van der Waals surface area contributed by atoms with Gasteiger partial charge in [0.1, 0.15) is 13.2 Å². The first-order chi connectivity index (χ1) is 6.91. The van der Waals surface area contributed by atoms with Crippen LogP contribution in [0.25, 0.3) is 0 Å². The highest BCUT2D eigenvalue weighted by atomic mass is 19.3. The van der Waals surface area contributed by atoms with Gasteiger partial charge in [0.15, 0.2) is 13.2 Å². The Morgan fingerprint density at radius 1 is 1.00 bits per heavy atom. The van der Waals surface area contributed by atoms with Crippen LogP contribution < -0.4 is 0 Å². The number of carbonyl (C=O) groups is 2. The summed E-state index contributed by atoms with van der Waals surface area (Å²) in [6.07, 6.45) is 0. The predicted octanol–water partition coefficient (Wildman–Crippen LogP) is -1.31. The van der Waals surface area contributed by atoms with Crippen molar-refractivity contribution in [3.8, 4) is 0 Å². The van der Waals surface area contributed by atoms with E-state index in [1.54, 1.807) is 0 Å². The highest BCUT2D eigenvalue weighted by molar-refractivity contribution is 5.70. The summed E-state index contributed by atoms with van der Waals surface area (Å²) in [5.74, 6) is -5.96. The Hall–Kier alpha value is -1.28. The summed E-state index contributed by atoms with van der Waals surface area (Å²) in [7, 11) is 0. The zero-order valence-corrected chi connectivity index (χ0v) is 7.61. The molecule has 0 heterocycles. The fourth-order valence-electron chi connectivity index (χ4n) is 0.505. The van der Waals surface area contributed by atoms with Crippen LogP contribution in [-0.2, 0) is 19.1 Å². The van der Waals surface area contributed by atoms with Crippen molar-refractivity contribution in [1.29, 1.82) is 0 Å². The van der Waals surface area contributed by atoms with Gasteiger partial charge in [-0.25, -0.2) is 9.59 Å². The predicted molar refractivity (Wildman–Crippen MR) is 41.0 cm³/mol. The zero-order chi connectivity index (χ0) is 11.9. The van der Waals surface area contributed by atoms with E-state index in [0.29, 0.717) is 0 Å². The van der Waals surface area contributed by atoms with Crippen LogP contribution in [0.15, 0.2) is 0 Å². The van der Waals surface area contributed by atoms with E-state index in [2.05, 4.69) is 9.47 Å². The van der Waals surface area contributed by atoms with Crippen molar-refractivity contribution in [2.24, 2.45) is 0 Å². The molecule has 15 heavy (non-hydrogen) atoms. The van der Waals surface area contributed by atoms with E-state index in [1.165, 1.54) is 0 Å². The molecule has 0 aliphatic carbocycles. The number of hydrogen-bond donors (Lipinski definition) is 2. The second-order valence-corrected chi connectivity index (χ2v) is 2.49. The topological polar surface area (TPSA) is 93.1 Å². The Bertz CT molecular complexity index is 208. The van der Waals surface area contributed by atoms with E-state index in [4.69, 9.17) is 10.2 Å². The van der Waals surface area contributed by atoms with Gasteiger partial charge in [0.25, 0.3) is 0 Å². The van der Waals surface area contributed by atoms with Crippen LogP contribution in [0.4, 0.5) is 8.78 Å². The van der Waals surface area contributed by atoms with Crippen LogP contribution in [0.2, 0.25) is 0 Å². The molecule has 0 saturated carbocycles. The van der Waals surface area contributed by atoms with E-state index in [9.17, 15) is 18.4 Å². The Morgan fingerprint density at radius 3 is 1.60 bits per heavy atom. The van der Waals surface area contributed by atoms with Gasteiger partial charge in [-0.05, 0) is 0 Å². The summed E-state index contributed by atoms with van der Waals surface area (Å²) < 4.78 is 33.3. The summed E-state index contributed by atoms with van der Waals surface area (Å²) in [4.78, 5) is 20.6. The van der Waals surface area contributed by atoms with Crippen LogP contribution in [0.1, 0.15) is 0 Å². The first-order valence-corrected chi connectivity index (χ1v) is 3.82. The molecule has 0 rings (SSSR count). The van der Waals surface area contributed by atoms with E-state index >= 15 is 0 Å². The van der Waals surface area contributed by atoms with Crippen LogP contribution in [-0.4, -0.2) is 54.5 Å². The number of aliphatic hydroxyl groups excluding tert-OH is 2. The summed E-state index contributed by atoms with van der Waals surface area (Å²) in [5, 5.41) is 16.3. The lowest BCUT2D eigenvalue weighted by Gasteiger charge is -2.15. The minimum atomic E-state index is -3.55. The van der Waals surface area contributed by atoms with Gasteiger partial charge in [-0.15, -0.1) is 0 Å². The molecule has 0 radical (unpaired) electrons. The maximum atomic E-state index is 12.7. The number of rotatable bonds is 6. The minimum absolute atomic E-state index is 1.01. The third-order valence-corrected chi connectivity index (χ3v) is 1.15. The number of esters is 2. The number of hydrogen-bond acceptors (Lipinski definition) is 6. The molecular formula is C7H10F2O6. The molecule has 0 fully saturated rings. The van der Waals surface area contributed by atoms with Crippen molar-refractivity contribution in [2.75, 3.05) is 26.4 Å². The molecule has 0 aromatic heterocycles. The van der Waals surface area contributed by atoms with Gasteiger partial charge in [-0.2, -0.15) is 8.78 Å². The Morgan fingerprint density at radius 2 is 1.33 bits per heavy atom. The van der Waals surface area contributed by atoms with Crippen LogP contribution in [0.5, 0.6) is 0 Å². The number of ether oxygens (including phenoxy) is 2. The number of alkyl halides is 2. The van der Waals surface area contributed by atoms with Crippen molar-refractivity contribution >= 4 is 11.9 Å². The molecule has 0 unspecified atom stereocenters. The Balaban J connectivity index is 3.86. The number of halogens is 2. The highest BCUT2D eigenvalue weighted by Crippen LogP contribution is 2.14. The molecule has 0 aromatic rings. The maximum Gasteiger partial charge on any atom is 0.332 e. The lowest BCUT2D eigenvalue weighted by atomic mass is 10.4. The normalized spacial score (nSPS) is 10.9. The molecular weight excluding hydrogens is 218 g/mol. The van der Waals surface area contributed by atoms with E-state index in [-0.39, 0.29) is 0 Å². The quantitative estimate of drug-likeness (QED) is 0.548. The molecule has 8 heteroatoms. The fraction of sp³-hybridized carbons (Fsp3) is 0.714. The fourth-order valence-corrected chi connectivity index (χ4v) is 0.505. The lowest BCUT2D eigenvalue weighted by molar-refractivity contribution is -0.173. The summed E-state index contributed by atoms with van der Waals surface area (Å²) in [6, 6.07) is 0. The largest absolute Gasteiger partial charge is 0.457 e. The number of aliphatic hydroxyl groups is 2. The van der Waals surface area contributed by atoms with Gasteiger partial charge >= 0.3 is 17.9 Å². The van der Waals surface area contributed by atoms with E-state index in [0.717, 1.165) is 0 Å². The molecule has 2 N–H and O–H groups in total. The molecule has 6 nitrogen and oxygen atoms in total. The average molecular weight is 228 g/mol. The molecule has 0 atom stereocenters. The van der Waals surface area contributed by atoms with Gasteiger partial charge in [-0.1, -0.05) is 0 Å². The van der Waals surface area contributed by atoms with Crippen molar-refractivity contribution in [2.45, 2.75) is 5.92 Å². The van der Waals surface area contributed by atoms with Crippen molar-refractivity contribution < 1.29 is 38.1 Å². The van der Waals surface area contributed by atoms with Crippen molar-refractivity contribution in [3.05, 3.63) is 0 Å². The van der Waals surface area contributed by atoms with Crippen molar-refractivity contribution in [1.82, 2.24) is 0 Å². The van der Waals surface area contributed by atoms with Crippen LogP contribution in [0.3, 0.4) is 0 Å². The zero-order valence-electron chi connectivity index (χ0n) is 7.61. The average Bonchev–Trinajstić information content (AvgIpc) is 2.22. The van der Waals surface area contributed by atoms with Gasteiger partial charge in [0.2, 0.25) is 0 Å². The lowest BCUT2D eigenvalue weighted by Crippen LogP contribution is -2.33.